The smallest absolute Gasteiger partial charge is 0.306 e. The summed E-state index contributed by atoms with van der Waals surface area (Å²) in [6.45, 7) is 2.76. The molecule has 1 aromatic heterocycles. The second-order valence-electron chi connectivity index (χ2n) is 10.6. The highest BCUT2D eigenvalue weighted by Crippen LogP contribution is 2.23. The van der Waals surface area contributed by atoms with Gasteiger partial charge >= 0.3 is 5.97 Å². The Kier molecular flexibility index (Phi) is 11.7. The Labute approximate surface area is 248 Å². The molecule has 1 amide bonds. The Morgan fingerprint density at radius 3 is 2.38 bits per heavy atom. The lowest BCUT2D eigenvalue weighted by Crippen LogP contribution is -2.29. The number of carboxylic acids is 1. The maximum absolute atomic E-state index is 13.2. The summed E-state index contributed by atoms with van der Waals surface area (Å²) in [6, 6.07) is 29.7. The molecule has 6 heteroatoms. The molecule has 4 aromatic rings. The quantitative estimate of drug-likeness (QED) is 0.141. The first-order valence-electron chi connectivity index (χ1n) is 14.8. The fourth-order valence-electron chi connectivity index (χ4n) is 5.04. The van der Waals surface area contributed by atoms with E-state index in [0.717, 1.165) is 54.5 Å². The van der Waals surface area contributed by atoms with Crippen molar-refractivity contribution >= 4 is 11.9 Å². The molecule has 1 atom stereocenters. The van der Waals surface area contributed by atoms with E-state index in [1.807, 2.05) is 60.7 Å². The van der Waals surface area contributed by atoms with E-state index in [9.17, 15) is 14.7 Å². The number of pyridine rings is 1. The number of carbonyl (C=O) groups excluding carboxylic acids is 1. The number of unbranched alkanes of at least 4 members (excludes halogenated alkanes) is 1. The minimum absolute atomic E-state index is 0.122. The summed E-state index contributed by atoms with van der Waals surface area (Å²) in [4.78, 5) is 29.2. The lowest BCUT2D eigenvalue weighted by Gasteiger charge is -2.14. The summed E-state index contributed by atoms with van der Waals surface area (Å²) in [7, 11) is 0. The molecule has 6 nitrogen and oxygen atoms in total. The van der Waals surface area contributed by atoms with E-state index < -0.39 is 5.97 Å². The molecular formula is C36H40N2O4. The van der Waals surface area contributed by atoms with Crippen molar-refractivity contribution in [3.05, 3.63) is 119 Å². The summed E-state index contributed by atoms with van der Waals surface area (Å²) in [5.41, 5.74) is 5.81. The number of benzene rings is 3. The molecule has 42 heavy (non-hydrogen) atoms. The highest BCUT2D eigenvalue weighted by Gasteiger charge is 2.17. The molecule has 2 N–H and O–H groups in total. The normalized spacial score (nSPS) is 11.5. The van der Waals surface area contributed by atoms with E-state index >= 15 is 0 Å². The van der Waals surface area contributed by atoms with Gasteiger partial charge in [-0.15, -0.1) is 0 Å². The Hall–Kier alpha value is -4.45. The first-order chi connectivity index (χ1) is 20.5. The summed E-state index contributed by atoms with van der Waals surface area (Å²) in [5.74, 6) is -0.545. The Bertz CT molecular complexity index is 1410. The lowest BCUT2D eigenvalue weighted by atomic mass is 9.94. The van der Waals surface area contributed by atoms with Gasteiger partial charge in [0.05, 0.1) is 18.2 Å². The standard InChI is InChI=1S/C36H40N2O4/c1-2-3-13-31(36(40)41)25-28-16-19-32(20-17-28)42-24-23-38-35(39)33-21-18-30(34-15-7-8-22-37-34)26-29(33)14-9-12-27-10-5-4-6-11-27/h4-8,10-11,15-22,26,31H,2-3,9,12-14,23-25H2,1H3,(H,38,39)(H,40,41). The van der Waals surface area contributed by atoms with Crippen LogP contribution < -0.4 is 10.1 Å². The first-order valence-corrected chi connectivity index (χ1v) is 14.8. The highest BCUT2D eigenvalue weighted by atomic mass is 16.5. The molecule has 3 aromatic carbocycles. The zero-order valence-electron chi connectivity index (χ0n) is 24.3. The molecule has 0 spiro atoms. The third-order valence-corrected chi connectivity index (χ3v) is 7.38. The van der Waals surface area contributed by atoms with Gasteiger partial charge in [-0.05, 0) is 85.2 Å². The lowest BCUT2D eigenvalue weighted by molar-refractivity contribution is -0.142. The average molecular weight is 565 g/mol. The van der Waals surface area contributed by atoms with Crippen LogP contribution in [0.15, 0.2) is 97.2 Å². The Morgan fingerprint density at radius 2 is 1.67 bits per heavy atom. The maximum Gasteiger partial charge on any atom is 0.306 e. The molecule has 0 fully saturated rings. The minimum atomic E-state index is -0.745. The number of amides is 1. The van der Waals surface area contributed by atoms with E-state index in [1.54, 1.807) is 6.20 Å². The number of hydrogen-bond acceptors (Lipinski definition) is 4. The van der Waals surface area contributed by atoms with Crippen LogP contribution >= 0.6 is 0 Å². The van der Waals surface area contributed by atoms with Gasteiger partial charge in [0.2, 0.25) is 0 Å². The number of aromatic nitrogens is 1. The van der Waals surface area contributed by atoms with Gasteiger partial charge in [0.1, 0.15) is 12.4 Å². The van der Waals surface area contributed by atoms with Gasteiger partial charge in [-0.25, -0.2) is 0 Å². The van der Waals surface area contributed by atoms with Crippen LogP contribution in [0.1, 0.15) is 59.7 Å². The predicted octanol–water partition coefficient (Wildman–Crippen LogP) is 7.17. The molecule has 1 unspecified atom stereocenters. The molecule has 0 aliphatic rings. The van der Waals surface area contributed by atoms with Crippen molar-refractivity contribution in [3.8, 4) is 17.0 Å². The topological polar surface area (TPSA) is 88.5 Å². The number of carbonyl (C=O) groups is 2. The number of aliphatic carboxylic acids is 1. The second-order valence-corrected chi connectivity index (χ2v) is 10.6. The van der Waals surface area contributed by atoms with Gasteiger partial charge < -0.3 is 15.2 Å². The number of nitrogens with one attached hydrogen (secondary N) is 1. The van der Waals surface area contributed by atoms with Gasteiger partial charge in [-0.3, -0.25) is 14.6 Å². The van der Waals surface area contributed by atoms with Crippen LogP contribution in [-0.4, -0.2) is 35.1 Å². The molecule has 1 heterocycles. The fraction of sp³-hybridized carbons (Fsp3) is 0.306. The van der Waals surface area contributed by atoms with Crippen molar-refractivity contribution in [3.63, 3.8) is 0 Å². The monoisotopic (exact) mass is 564 g/mol. The van der Waals surface area contributed by atoms with Crippen molar-refractivity contribution in [2.24, 2.45) is 5.92 Å². The molecule has 4 rings (SSSR count). The molecule has 0 saturated heterocycles. The maximum atomic E-state index is 13.2. The first kappa shape index (κ1) is 30.5. The van der Waals surface area contributed by atoms with Crippen molar-refractivity contribution in [2.45, 2.75) is 51.9 Å². The summed E-state index contributed by atoms with van der Waals surface area (Å²) in [5, 5.41) is 12.5. The molecule has 0 radical (unpaired) electrons. The zero-order valence-corrected chi connectivity index (χ0v) is 24.3. The van der Waals surface area contributed by atoms with Crippen LogP contribution in [0.4, 0.5) is 0 Å². The molecule has 0 saturated carbocycles. The predicted molar refractivity (Wildman–Crippen MR) is 167 cm³/mol. The third kappa shape index (κ3) is 9.30. The highest BCUT2D eigenvalue weighted by molar-refractivity contribution is 5.96. The van der Waals surface area contributed by atoms with E-state index in [2.05, 4.69) is 47.6 Å². The van der Waals surface area contributed by atoms with E-state index in [-0.39, 0.29) is 11.8 Å². The SMILES string of the molecule is CCCCC(Cc1ccc(OCCNC(=O)c2ccc(-c3ccccn3)cc2CCCc2ccccc2)cc1)C(=O)O. The molecule has 0 bridgehead atoms. The summed E-state index contributed by atoms with van der Waals surface area (Å²) in [6.07, 6.45) is 7.52. The summed E-state index contributed by atoms with van der Waals surface area (Å²) >= 11 is 0. The van der Waals surface area contributed by atoms with Crippen LogP contribution in [-0.2, 0) is 24.1 Å². The molecule has 0 aliphatic carbocycles. The van der Waals surface area contributed by atoms with Crippen molar-refractivity contribution in [2.75, 3.05) is 13.2 Å². The largest absolute Gasteiger partial charge is 0.492 e. The average Bonchev–Trinajstić information content (AvgIpc) is 3.02. The third-order valence-electron chi connectivity index (χ3n) is 7.38. The van der Waals surface area contributed by atoms with Crippen molar-refractivity contribution < 1.29 is 19.4 Å². The van der Waals surface area contributed by atoms with Crippen LogP contribution in [0.3, 0.4) is 0 Å². The minimum Gasteiger partial charge on any atom is -0.492 e. The van der Waals surface area contributed by atoms with E-state index in [1.165, 1.54) is 5.56 Å². The number of aryl methyl sites for hydroxylation is 2. The van der Waals surface area contributed by atoms with Gasteiger partial charge in [0.25, 0.3) is 5.91 Å². The number of carboxylic acid groups (broad SMARTS) is 1. The second kappa shape index (κ2) is 16.1. The van der Waals surface area contributed by atoms with Gasteiger partial charge in [0.15, 0.2) is 0 Å². The molecular weight excluding hydrogens is 524 g/mol. The van der Waals surface area contributed by atoms with E-state index in [0.29, 0.717) is 37.3 Å². The van der Waals surface area contributed by atoms with Crippen LogP contribution in [0.5, 0.6) is 5.75 Å². The number of ether oxygens (including phenoxy) is 1. The van der Waals surface area contributed by atoms with Crippen LogP contribution in [0, 0.1) is 5.92 Å². The van der Waals surface area contributed by atoms with Gasteiger partial charge in [-0.2, -0.15) is 0 Å². The number of nitrogens with zero attached hydrogens (tertiary/aromatic N) is 1. The van der Waals surface area contributed by atoms with Gasteiger partial charge in [0, 0.05) is 17.3 Å². The number of hydrogen-bond donors (Lipinski definition) is 2. The zero-order chi connectivity index (χ0) is 29.6. The fourth-order valence-corrected chi connectivity index (χ4v) is 5.04. The Morgan fingerprint density at radius 1 is 0.881 bits per heavy atom. The van der Waals surface area contributed by atoms with Crippen molar-refractivity contribution in [1.29, 1.82) is 0 Å². The molecule has 218 valence electrons. The van der Waals surface area contributed by atoms with Crippen LogP contribution in [0.25, 0.3) is 11.3 Å². The summed E-state index contributed by atoms with van der Waals surface area (Å²) < 4.78 is 5.85. The van der Waals surface area contributed by atoms with Crippen LogP contribution in [0.2, 0.25) is 0 Å². The Balaban J connectivity index is 1.32. The molecule has 0 aliphatic heterocycles. The van der Waals surface area contributed by atoms with E-state index in [4.69, 9.17) is 4.74 Å². The number of rotatable bonds is 16. The van der Waals surface area contributed by atoms with Crippen molar-refractivity contribution in [1.82, 2.24) is 10.3 Å². The van der Waals surface area contributed by atoms with Gasteiger partial charge in [-0.1, -0.05) is 74.4 Å².